The molecule has 2 aliphatic rings. The molecule has 1 aromatic carbocycles. The van der Waals surface area contributed by atoms with E-state index in [-0.39, 0.29) is 5.91 Å². The van der Waals surface area contributed by atoms with E-state index in [9.17, 15) is 4.79 Å². The maximum Gasteiger partial charge on any atom is 0.227 e. The Bertz CT molecular complexity index is 468. The molecule has 3 nitrogen and oxygen atoms in total. The molecule has 1 atom stereocenters. The van der Waals surface area contributed by atoms with Crippen LogP contribution in [0.2, 0.25) is 0 Å². The molecule has 0 bridgehead atoms. The summed E-state index contributed by atoms with van der Waals surface area (Å²) in [6.07, 6.45) is 3.22. The summed E-state index contributed by atoms with van der Waals surface area (Å²) in [4.78, 5) is 16.3. The van der Waals surface area contributed by atoms with Crippen LogP contribution in [0.3, 0.4) is 0 Å². The second-order valence-electron chi connectivity index (χ2n) is 5.88. The fraction of sp³-hybridized carbons (Fsp3) is 0.562. The molecule has 0 radical (unpaired) electrons. The summed E-state index contributed by atoms with van der Waals surface area (Å²) >= 11 is 5.86. The Morgan fingerprint density at radius 2 is 1.85 bits per heavy atom. The molecule has 0 saturated carbocycles. The van der Waals surface area contributed by atoms with Gasteiger partial charge >= 0.3 is 0 Å². The molecular formula is C16H21ClN2O. The Labute approximate surface area is 125 Å². The number of hydrogen-bond acceptors (Lipinski definition) is 2. The minimum atomic E-state index is 0.197. The van der Waals surface area contributed by atoms with Crippen LogP contribution in [0, 0.1) is 5.92 Å². The van der Waals surface area contributed by atoms with Crippen molar-refractivity contribution >= 4 is 23.2 Å². The van der Waals surface area contributed by atoms with Gasteiger partial charge in [0.05, 0.1) is 0 Å². The van der Waals surface area contributed by atoms with Gasteiger partial charge in [0.1, 0.15) is 0 Å². The minimum absolute atomic E-state index is 0.197. The molecule has 0 spiro atoms. The molecule has 108 valence electrons. The van der Waals surface area contributed by atoms with E-state index in [0.717, 1.165) is 18.8 Å². The average molecular weight is 293 g/mol. The van der Waals surface area contributed by atoms with Crippen molar-refractivity contribution in [2.75, 3.05) is 30.4 Å². The van der Waals surface area contributed by atoms with Crippen molar-refractivity contribution in [1.82, 2.24) is 4.90 Å². The van der Waals surface area contributed by atoms with Crippen LogP contribution in [0.15, 0.2) is 24.3 Å². The Morgan fingerprint density at radius 3 is 2.45 bits per heavy atom. The van der Waals surface area contributed by atoms with Gasteiger partial charge in [0, 0.05) is 31.1 Å². The summed E-state index contributed by atoms with van der Waals surface area (Å²) in [5.74, 6) is 1.06. The van der Waals surface area contributed by atoms with E-state index in [0.29, 0.717) is 18.2 Å². The van der Waals surface area contributed by atoms with E-state index in [1.54, 1.807) is 0 Å². The standard InChI is InChI=1S/C16H21ClN2O/c17-10-14-9-16(20)19(12-14)15-5-3-13(4-6-15)11-18-7-1-2-8-18/h3-6,14H,1-2,7-12H2. The second-order valence-corrected chi connectivity index (χ2v) is 6.19. The number of alkyl halides is 1. The third kappa shape index (κ3) is 2.99. The monoisotopic (exact) mass is 292 g/mol. The highest BCUT2D eigenvalue weighted by atomic mass is 35.5. The van der Waals surface area contributed by atoms with E-state index in [1.807, 2.05) is 4.90 Å². The Kier molecular flexibility index (Phi) is 4.27. The summed E-state index contributed by atoms with van der Waals surface area (Å²) in [5, 5.41) is 0. The highest BCUT2D eigenvalue weighted by molar-refractivity contribution is 6.18. The van der Waals surface area contributed by atoms with Crippen LogP contribution in [0.25, 0.3) is 0 Å². The molecule has 2 fully saturated rings. The predicted octanol–water partition coefficient (Wildman–Crippen LogP) is 2.87. The van der Waals surface area contributed by atoms with Crippen LogP contribution in [-0.2, 0) is 11.3 Å². The maximum absolute atomic E-state index is 12.0. The molecule has 0 N–H and O–H groups in total. The molecule has 2 saturated heterocycles. The van der Waals surface area contributed by atoms with Gasteiger partial charge in [-0.1, -0.05) is 12.1 Å². The summed E-state index contributed by atoms with van der Waals surface area (Å²) in [5.41, 5.74) is 2.34. The summed E-state index contributed by atoms with van der Waals surface area (Å²) in [6, 6.07) is 8.43. The summed E-state index contributed by atoms with van der Waals surface area (Å²) in [6.45, 7) is 4.21. The molecule has 20 heavy (non-hydrogen) atoms. The molecule has 0 aliphatic carbocycles. The zero-order valence-corrected chi connectivity index (χ0v) is 12.5. The van der Waals surface area contributed by atoms with Gasteiger partial charge in [-0.3, -0.25) is 9.69 Å². The molecule has 1 amide bonds. The molecule has 4 heteroatoms. The fourth-order valence-electron chi connectivity index (χ4n) is 3.11. The summed E-state index contributed by atoms with van der Waals surface area (Å²) < 4.78 is 0. The number of halogens is 1. The molecule has 2 heterocycles. The van der Waals surface area contributed by atoms with Crippen molar-refractivity contribution in [1.29, 1.82) is 0 Å². The van der Waals surface area contributed by atoms with Gasteiger partial charge < -0.3 is 4.90 Å². The number of hydrogen-bond donors (Lipinski definition) is 0. The minimum Gasteiger partial charge on any atom is -0.312 e. The number of carbonyl (C=O) groups is 1. The van der Waals surface area contributed by atoms with Gasteiger partial charge in [-0.05, 0) is 49.5 Å². The Balaban J connectivity index is 1.65. The van der Waals surface area contributed by atoms with E-state index < -0.39 is 0 Å². The molecule has 1 aromatic rings. The number of likely N-dealkylation sites (tertiary alicyclic amines) is 1. The van der Waals surface area contributed by atoms with Crippen LogP contribution >= 0.6 is 11.6 Å². The third-order valence-electron chi connectivity index (χ3n) is 4.28. The molecule has 2 aliphatic heterocycles. The number of benzene rings is 1. The molecular weight excluding hydrogens is 272 g/mol. The first-order valence-corrected chi connectivity index (χ1v) is 7.97. The van der Waals surface area contributed by atoms with E-state index >= 15 is 0 Å². The first kappa shape index (κ1) is 13.9. The van der Waals surface area contributed by atoms with Crippen LogP contribution in [0.4, 0.5) is 5.69 Å². The lowest BCUT2D eigenvalue weighted by Gasteiger charge is -2.18. The maximum atomic E-state index is 12.0. The number of rotatable bonds is 4. The van der Waals surface area contributed by atoms with E-state index in [4.69, 9.17) is 11.6 Å². The lowest BCUT2D eigenvalue weighted by molar-refractivity contribution is -0.117. The van der Waals surface area contributed by atoms with Crippen molar-refractivity contribution in [3.8, 4) is 0 Å². The van der Waals surface area contributed by atoms with Crippen molar-refractivity contribution in [3.05, 3.63) is 29.8 Å². The predicted molar refractivity (Wildman–Crippen MR) is 82.1 cm³/mol. The first-order chi connectivity index (χ1) is 9.76. The Morgan fingerprint density at radius 1 is 1.15 bits per heavy atom. The van der Waals surface area contributed by atoms with Crippen LogP contribution in [0.1, 0.15) is 24.8 Å². The number of carbonyl (C=O) groups excluding carboxylic acids is 1. The third-order valence-corrected chi connectivity index (χ3v) is 4.71. The van der Waals surface area contributed by atoms with Gasteiger partial charge in [-0.2, -0.15) is 0 Å². The zero-order chi connectivity index (χ0) is 13.9. The largest absolute Gasteiger partial charge is 0.312 e. The number of anilines is 1. The molecule has 1 unspecified atom stereocenters. The van der Waals surface area contributed by atoms with Crippen LogP contribution in [-0.4, -0.2) is 36.3 Å². The normalized spacial score (nSPS) is 23.8. The number of nitrogens with zero attached hydrogens (tertiary/aromatic N) is 2. The van der Waals surface area contributed by atoms with Crippen molar-refractivity contribution in [2.24, 2.45) is 5.92 Å². The SMILES string of the molecule is O=C1CC(CCl)CN1c1ccc(CN2CCCC2)cc1. The van der Waals surface area contributed by atoms with Crippen molar-refractivity contribution in [2.45, 2.75) is 25.8 Å². The lowest BCUT2D eigenvalue weighted by atomic mass is 10.1. The van der Waals surface area contributed by atoms with Gasteiger partial charge in [-0.25, -0.2) is 0 Å². The van der Waals surface area contributed by atoms with Crippen molar-refractivity contribution < 1.29 is 4.79 Å². The highest BCUT2D eigenvalue weighted by Gasteiger charge is 2.29. The lowest BCUT2D eigenvalue weighted by Crippen LogP contribution is -2.24. The summed E-state index contributed by atoms with van der Waals surface area (Å²) in [7, 11) is 0. The smallest absolute Gasteiger partial charge is 0.227 e. The fourth-order valence-corrected chi connectivity index (χ4v) is 3.32. The zero-order valence-electron chi connectivity index (χ0n) is 11.7. The number of amides is 1. The first-order valence-electron chi connectivity index (χ1n) is 7.44. The molecule has 0 aromatic heterocycles. The average Bonchev–Trinajstić information content (AvgIpc) is 3.09. The molecule has 3 rings (SSSR count). The van der Waals surface area contributed by atoms with Gasteiger partial charge in [-0.15, -0.1) is 11.6 Å². The van der Waals surface area contributed by atoms with Gasteiger partial charge in [0.2, 0.25) is 5.91 Å². The topological polar surface area (TPSA) is 23.6 Å². The second kappa shape index (κ2) is 6.15. The highest BCUT2D eigenvalue weighted by Crippen LogP contribution is 2.26. The van der Waals surface area contributed by atoms with Crippen molar-refractivity contribution in [3.63, 3.8) is 0 Å². The Hall–Kier alpha value is -1.06. The van der Waals surface area contributed by atoms with Gasteiger partial charge in [0.25, 0.3) is 0 Å². The quantitative estimate of drug-likeness (QED) is 0.797. The van der Waals surface area contributed by atoms with E-state index in [1.165, 1.54) is 31.5 Å². The van der Waals surface area contributed by atoms with Crippen LogP contribution < -0.4 is 4.90 Å². The van der Waals surface area contributed by atoms with Gasteiger partial charge in [0.15, 0.2) is 0 Å². The van der Waals surface area contributed by atoms with Crippen LogP contribution in [0.5, 0.6) is 0 Å². The van der Waals surface area contributed by atoms with E-state index in [2.05, 4.69) is 29.2 Å².